The maximum absolute atomic E-state index is 12.2. The summed E-state index contributed by atoms with van der Waals surface area (Å²) < 4.78 is 10.7. The maximum atomic E-state index is 12.2. The minimum absolute atomic E-state index is 0.236. The first-order chi connectivity index (χ1) is 11.0. The van der Waals surface area contributed by atoms with Gasteiger partial charge in [0.25, 0.3) is 0 Å². The van der Waals surface area contributed by atoms with Gasteiger partial charge in [-0.1, -0.05) is 0 Å². The first kappa shape index (κ1) is 16.9. The van der Waals surface area contributed by atoms with Crippen molar-refractivity contribution in [1.82, 2.24) is 4.90 Å². The van der Waals surface area contributed by atoms with E-state index >= 15 is 0 Å². The zero-order chi connectivity index (χ0) is 16.8. The fourth-order valence-corrected chi connectivity index (χ4v) is 2.55. The van der Waals surface area contributed by atoms with Gasteiger partial charge in [-0.2, -0.15) is 0 Å². The largest absolute Gasteiger partial charge is 0.493 e. The summed E-state index contributed by atoms with van der Waals surface area (Å²) in [5.41, 5.74) is 0.607. The highest BCUT2D eigenvalue weighted by Crippen LogP contribution is 2.30. The van der Waals surface area contributed by atoms with Crippen LogP contribution in [0.25, 0.3) is 0 Å². The Kier molecular flexibility index (Phi) is 5.67. The minimum Gasteiger partial charge on any atom is -0.493 e. The van der Waals surface area contributed by atoms with Crippen molar-refractivity contribution >= 4 is 17.7 Å². The number of carboxylic acid groups (broad SMARTS) is 1. The summed E-state index contributed by atoms with van der Waals surface area (Å²) in [4.78, 5) is 24.8. The number of piperidine rings is 1. The van der Waals surface area contributed by atoms with Gasteiger partial charge in [-0.15, -0.1) is 0 Å². The van der Waals surface area contributed by atoms with Crippen LogP contribution in [0, 0.1) is 5.92 Å². The van der Waals surface area contributed by atoms with Gasteiger partial charge >= 0.3 is 12.0 Å². The number of carbonyl (C=O) groups is 2. The molecule has 0 aromatic heterocycles. The Morgan fingerprint density at radius 2 is 2.00 bits per heavy atom. The van der Waals surface area contributed by atoms with Crippen LogP contribution in [0.2, 0.25) is 0 Å². The van der Waals surface area contributed by atoms with Gasteiger partial charge < -0.3 is 24.8 Å². The summed E-state index contributed by atoms with van der Waals surface area (Å²) in [6.45, 7) is 3.30. The van der Waals surface area contributed by atoms with Crippen molar-refractivity contribution in [2.24, 2.45) is 5.92 Å². The first-order valence-corrected chi connectivity index (χ1v) is 7.64. The topological polar surface area (TPSA) is 88.1 Å². The number of hydrogen-bond donors (Lipinski definition) is 2. The highest BCUT2D eigenvalue weighted by atomic mass is 16.5. The number of nitrogens with one attached hydrogen (secondary N) is 1. The van der Waals surface area contributed by atoms with E-state index in [1.54, 1.807) is 30.2 Å². The number of hydrogen-bond acceptors (Lipinski definition) is 4. The normalized spacial score (nSPS) is 15.1. The molecule has 1 fully saturated rings. The molecule has 7 nitrogen and oxygen atoms in total. The highest BCUT2D eigenvalue weighted by Gasteiger charge is 2.27. The van der Waals surface area contributed by atoms with E-state index in [4.69, 9.17) is 14.6 Å². The van der Waals surface area contributed by atoms with Crippen molar-refractivity contribution in [3.05, 3.63) is 18.2 Å². The molecule has 2 N–H and O–H groups in total. The lowest BCUT2D eigenvalue weighted by atomic mass is 9.97. The van der Waals surface area contributed by atoms with E-state index in [2.05, 4.69) is 5.32 Å². The summed E-state index contributed by atoms with van der Waals surface area (Å²) in [7, 11) is 1.54. The fraction of sp³-hybridized carbons (Fsp3) is 0.500. The SMILES string of the molecule is CCOc1ccc(NC(=O)N2CCC(C(=O)O)CC2)cc1OC. The van der Waals surface area contributed by atoms with Crippen LogP contribution in [0.15, 0.2) is 18.2 Å². The summed E-state index contributed by atoms with van der Waals surface area (Å²) >= 11 is 0. The molecular weight excluding hydrogens is 300 g/mol. The molecule has 2 rings (SSSR count). The van der Waals surface area contributed by atoms with Crippen molar-refractivity contribution < 1.29 is 24.2 Å². The van der Waals surface area contributed by atoms with Gasteiger partial charge in [0.05, 0.1) is 19.6 Å². The van der Waals surface area contributed by atoms with Gasteiger partial charge in [-0.3, -0.25) is 4.79 Å². The number of amides is 2. The van der Waals surface area contributed by atoms with Crippen molar-refractivity contribution in [3.63, 3.8) is 0 Å². The highest BCUT2D eigenvalue weighted by molar-refractivity contribution is 5.90. The molecular formula is C16H22N2O5. The Morgan fingerprint density at radius 1 is 1.30 bits per heavy atom. The lowest BCUT2D eigenvalue weighted by molar-refractivity contribution is -0.143. The predicted molar refractivity (Wildman–Crippen MR) is 85.1 cm³/mol. The second-order valence-electron chi connectivity index (χ2n) is 5.33. The summed E-state index contributed by atoms with van der Waals surface area (Å²) in [5.74, 6) is 0.0236. The lowest BCUT2D eigenvalue weighted by Crippen LogP contribution is -2.42. The van der Waals surface area contributed by atoms with Crippen molar-refractivity contribution in [2.45, 2.75) is 19.8 Å². The smallest absolute Gasteiger partial charge is 0.321 e. The van der Waals surface area contributed by atoms with E-state index in [1.165, 1.54) is 0 Å². The van der Waals surface area contributed by atoms with Gasteiger partial charge in [0.1, 0.15) is 0 Å². The lowest BCUT2D eigenvalue weighted by Gasteiger charge is -2.30. The molecule has 1 aliphatic heterocycles. The van der Waals surface area contributed by atoms with Crippen LogP contribution in [0.5, 0.6) is 11.5 Å². The number of benzene rings is 1. The average molecular weight is 322 g/mol. The molecule has 1 aromatic rings. The van der Waals surface area contributed by atoms with Crippen LogP contribution in [-0.4, -0.2) is 48.8 Å². The molecule has 0 radical (unpaired) electrons. The molecule has 2 amide bonds. The van der Waals surface area contributed by atoms with Crippen LogP contribution in [0.3, 0.4) is 0 Å². The number of carboxylic acids is 1. The van der Waals surface area contributed by atoms with Crippen molar-refractivity contribution in [1.29, 1.82) is 0 Å². The zero-order valence-corrected chi connectivity index (χ0v) is 13.4. The van der Waals surface area contributed by atoms with Gasteiger partial charge in [0.15, 0.2) is 11.5 Å². The molecule has 0 unspecified atom stereocenters. The number of likely N-dealkylation sites (tertiary alicyclic amines) is 1. The fourth-order valence-electron chi connectivity index (χ4n) is 2.55. The molecule has 126 valence electrons. The molecule has 0 aliphatic carbocycles. The molecule has 0 spiro atoms. The van der Waals surface area contributed by atoms with Gasteiger partial charge in [0.2, 0.25) is 0 Å². The monoisotopic (exact) mass is 322 g/mol. The molecule has 7 heteroatoms. The van der Waals surface area contributed by atoms with Crippen molar-refractivity contribution in [3.8, 4) is 11.5 Å². The van der Waals surface area contributed by atoms with Gasteiger partial charge in [0, 0.05) is 24.8 Å². The van der Waals surface area contributed by atoms with E-state index in [-0.39, 0.29) is 11.9 Å². The number of methoxy groups -OCH3 is 1. The number of carbonyl (C=O) groups excluding carboxylic acids is 1. The van der Waals surface area contributed by atoms with Crippen LogP contribution in [0.1, 0.15) is 19.8 Å². The van der Waals surface area contributed by atoms with Gasteiger partial charge in [-0.25, -0.2) is 4.79 Å². The molecule has 1 aliphatic rings. The van der Waals surface area contributed by atoms with E-state index in [0.29, 0.717) is 49.7 Å². The van der Waals surface area contributed by atoms with E-state index in [0.717, 1.165) is 0 Å². The number of nitrogens with zero attached hydrogens (tertiary/aromatic N) is 1. The van der Waals surface area contributed by atoms with Crippen LogP contribution in [0.4, 0.5) is 10.5 Å². The number of urea groups is 1. The summed E-state index contributed by atoms with van der Waals surface area (Å²) in [6, 6.07) is 4.96. The second kappa shape index (κ2) is 7.71. The van der Waals surface area contributed by atoms with Gasteiger partial charge in [-0.05, 0) is 31.9 Å². The third-order valence-corrected chi connectivity index (χ3v) is 3.85. The number of anilines is 1. The second-order valence-corrected chi connectivity index (χ2v) is 5.33. The Morgan fingerprint density at radius 3 is 2.57 bits per heavy atom. The molecule has 1 aromatic carbocycles. The third kappa shape index (κ3) is 4.28. The Hall–Kier alpha value is -2.44. The zero-order valence-electron chi connectivity index (χ0n) is 13.4. The quantitative estimate of drug-likeness (QED) is 0.869. The molecule has 0 atom stereocenters. The summed E-state index contributed by atoms with van der Waals surface area (Å²) in [5, 5.41) is 11.8. The van der Waals surface area contributed by atoms with Crippen LogP contribution < -0.4 is 14.8 Å². The number of rotatable bonds is 5. The molecule has 1 heterocycles. The maximum Gasteiger partial charge on any atom is 0.321 e. The van der Waals surface area contributed by atoms with Crippen molar-refractivity contribution in [2.75, 3.05) is 32.1 Å². The third-order valence-electron chi connectivity index (χ3n) is 3.85. The number of aliphatic carboxylic acids is 1. The standard InChI is InChI=1S/C16H22N2O5/c1-3-23-13-5-4-12(10-14(13)22-2)17-16(21)18-8-6-11(7-9-18)15(19)20/h4-5,10-11H,3,6-9H2,1-2H3,(H,17,21)(H,19,20). The minimum atomic E-state index is -0.790. The van der Waals surface area contributed by atoms with E-state index in [1.807, 2.05) is 6.92 Å². The Balaban J connectivity index is 1.96. The Bertz CT molecular complexity index is 568. The first-order valence-electron chi connectivity index (χ1n) is 7.64. The van der Waals surface area contributed by atoms with Crippen LogP contribution in [-0.2, 0) is 4.79 Å². The summed E-state index contributed by atoms with van der Waals surface area (Å²) in [6.07, 6.45) is 0.963. The average Bonchev–Trinajstić information content (AvgIpc) is 2.56. The van der Waals surface area contributed by atoms with E-state index in [9.17, 15) is 9.59 Å². The predicted octanol–water partition coefficient (Wildman–Crippen LogP) is 2.42. The van der Waals surface area contributed by atoms with Crippen LogP contribution >= 0.6 is 0 Å². The molecule has 0 saturated carbocycles. The van der Waals surface area contributed by atoms with E-state index < -0.39 is 5.97 Å². The molecule has 23 heavy (non-hydrogen) atoms. The molecule has 1 saturated heterocycles. The Labute approximate surface area is 135 Å². The molecule has 0 bridgehead atoms. The number of ether oxygens (including phenoxy) is 2.